The lowest BCUT2D eigenvalue weighted by Gasteiger charge is -2.10. The van der Waals surface area contributed by atoms with E-state index in [-0.39, 0.29) is 11.3 Å². The molecule has 0 bridgehead atoms. The van der Waals surface area contributed by atoms with E-state index in [9.17, 15) is 14.3 Å². The van der Waals surface area contributed by atoms with E-state index in [0.717, 1.165) is 6.07 Å². The van der Waals surface area contributed by atoms with E-state index < -0.39 is 23.5 Å². The maximum atomic E-state index is 13.1. The summed E-state index contributed by atoms with van der Waals surface area (Å²) in [5.74, 6) is -3.49. The molecule has 0 fully saturated rings. The van der Waals surface area contributed by atoms with Gasteiger partial charge in [-0.1, -0.05) is 0 Å². The van der Waals surface area contributed by atoms with Crippen LogP contribution in [0, 0.1) is 5.82 Å². The SMILES string of the molecule is COc1cc(C(C)C(=O)O)cc(F)c1O. The van der Waals surface area contributed by atoms with E-state index in [1.807, 2.05) is 0 Å². The Morgan fingerprint density at radius 3 is 2.60 bits per heavy atom. The molecule has 15 heavy (non-hydrogen) atoms. The maximum absolute atomic E-state index is 13.1. The number of hydrogen-bond donors (Lipinski definition) is 2. The number of benzene rings is 1. The van der Waals surface area contributed by atoms with Crippen molar-refractivity contribution in [1.29, 1.82) is 0 Å². The summed E-state index contributed by atoms with van der Waals surface area (Å²) in [7, 11) is 1.27. The van der Waals surface area contributed by atoms with Crippen LogP contribution in [-0.2, 0) is 4.79 Å². The topological polar surface area (TPSA) is 66.8 Å². The van der Waals surface area contributed by atoms with Crippen molar-refractivity contribution in [3.8, 4) is 11.5 Å². The number of aliphatic carboxylic acids is 1. The molecule has 2 N–H and O–H groups in total. The predicted molar refractivity (Wildman–Crippen MR) is 50.7 cm³/mol. The molecular weight excluding hydrogens is 203 g/mol. The summed E-state index contributed by atoms with van der Waals surface area (Å²) in [4.78, 5) is 10.7. The van der Waals surface area contributed by atoms with Gasteiger partial charge in [0.25, 0.3) is 0 Å². The number of hydrogen-bond acceptors (Lipinski definition) is 3. The molecule has 0 heterocycles. The molecule has 1 rings (SSSR count). The molecule has 0 aliphatic heterocycles. The molecule has 0 amide bonds. The largest absolute Gasteiger partial charge is 0.502 e. The fraction of sp³-hybridized carbons (Fsp3) is 0.300. The molecule has 1 atom stereocenters. The average molecular weight is 214 g/mol. The summed E-state index contributed by atoms with van der Waals surface area (Å²) in [6.45, 7) is 1.42. The van der Waals surface area contributed by atoms with Gasteiger partial charge in [0, 0.05) is 0 Å². The average Bonchev–Trinajstić information content (AvgIpc) is 2.20. The van der Waals surface area contributed by atoms with E-state index in [1.165, 1.54) is 20.1 Å². The number of halogens is 1. The first-order valence-electron chi connectivity index (χ1n) is 4.26. The van der Waals surface area contributed by atoms with Gasteiger partial charge in [-0.15, -0.1) is 0 Å². The van der Waals surface area contributed by atoms with Crippen molar-refractivity contribution in [2.24, 2.45) is 0 Å². The third kappa shape index (κ3) is 2.18. The first-order valence-corrected chi connectivity index (χ1v) is 4.26. The summed E-state index contributed by atoms with van der Waals surface area (Å²) >= 11 is 0. The lowest BCUT2D eigenvalue weighted by atomic mass is 10.0. The zero-order valence-corrected chi connectivity index (χ0v) is 8.32. The Balaban J connectivity index is 3.22. The molecule has 0 aliphatic rings. The first-order chi connectivity index (χ1) is 6.97. The van der Waals surface area contributed by atoms with Gasteiger partial charge >= 0.3 is 5.97 Å². The Bertz CT molecular complexity index is 389. The Hall–Kier alpha value is -1.78. The number of carboxylic acid groups (broad SMARTS) is 1. The number of ether oxygens (including phenoxy) is 1. The van der Waals surface area contributed by atoms with Crippen LogP contribution in [0.25, 0.3) is 0 Å². The van der Waals surface area contributed by atoms with E-state index in [1.54, 1.807) is 0 Å². The standard InChI is InChI=1S/C10H11FO4/c1-5(10(13)14)6-3-7(11)9(12)8(4-6)15-2/h3-5,12H,1-2H3,(H,13,14). The molecule has 0 saturated heterocycles. The first kappa shape index (κ1) is 11.3. The molecule has 82 valence electrons. The van der Waals surface area contributed by atoms with Crippen molar-refractivity contribution in [3.63, 3.8) is 0 Å². The number of phenols is 1. The summed E-state index contributed by atoms with van der Waals surface area (Å²) < 4.78 is 17.8. The minimum Gasteiger partial charge on any atom is -0.502 e. The van der Waals surface area contributed by atoms with Gasteiger partial charge in [-0.05, 0) is 24.6 Å². The number of carboxylic acids is 1. The highest BCUT2D eigenvalue weighted by Gasteiger charge is 2.18. The van der Waals surface area contributed by atoms with Gasteiger partial charge in [-0.2, -0.15) is 0 Å². The van der Waals surface area contributed by atoms with Crippen molar-refractivity contribution in [1.82, 2.24) is 0 Å². The highest BCUT2D eigenvalue weighted by molar-refractivity contribution is 5.75. The summed E-state index contributed by atoms with van der Waals surface area (Å²) in [5.41, 5.74) is 0.245. The van der Waals surface area contributed by atoms with Gasteiger partial charge < -0.3 is 14.9 Å². The number of aromatic hydroxyl groups is 1. The van der Waals surface area contributed by atoms with Gasteiger partial charge in [0.2, 0.25) is 0 Å². The molecule has 0 aliphatic carbocycles. The molecule has 0 saturated carbocycles. The van der Waals surface area contributed by atoms with Crippen LogP contribution in [0.5, 0.6) is 11.5 Å². The maximum Gasteiger partial charge on any atom is 0.310 e. The van der Waals surface area contributed by atoms with Crippen molar-refractivity contribution < 1.29 is 24.1 Å². The van der Waals surface area contributed by atoms with Crippen LogP contribution in [0.4, 0.5) is 4.39 Å². The summed E-state index contributed by atoms with van der Waals surface area (Å²) in [5, 5.41) is 17.9. The fourth-order valence-corrected chi connectivity index (χ4v) is 1.14. The summed E-state index contributed by atoms with van der Waals surface area (Å²) in [6, 6.07) is 2.29. The quantitative estimate of drug-likeness (QED) is 0.804. The van der Waals surface area contributed by atoms with Crippen molar-refractivity contribution in [2.75, 3.05) is 7.11 Å². The minimum absolute atomic E-state index is 0.0712. The molecule has 1 aromatic rings. The normalized spacial score (nSPS) is 12.2. The van der Waals surface area contributed by atoms with Gasteiger partial charge in [-0.25, -0.2) is 4.39 Å². The number of rotatable bonds is 3. The van der Waals surface area contributed by atoms with Gasteiger partial charge in [0.05, 0.1) is 13.0 Å². The van der Waals surface area contributed by atoms with Crippen molar-refractivity contribution in [2.45, 2.75) is 12.8 Å². The molecule has 0 aromatic heterocycles. The second-order valence-electron chi connectivity index (χ2n) is 3.11. The Morgan fingerprint density at radius 1 is 1.53 bits per heavy atom. The molecule has 1 aromatic carbocycles. The second-order valence-corrected chi connectivity index (χ2v) is 3.11. The Kier molecular flexibility index (Phi) is 3.14. The number of carbonyl (C=O) groups is 1. The summed E-state index contributed by atoms with van der Waals surface area (Å²) in [6.07, 6.45) is 0. The third-order valence-corrected chi connectivity index (χ3v) is 2.14. The molecule has 5 heteroatoms. The second kappa shape index (κ2) is 4.16. The zero-order valence-electron chi connectivity index (χ0n) is 8.32. The molecule has 0 radical (unpaired) electrons. The van der Waals surface area contributed by atoms with Crippen LogP contribution in [0.15, 0.2) is 12.1 Å². The third-order valence-electron chi connectivity index (χ3n) is 2.14. The molecule has 0 spiro atoms. The van der Waals surface area contributed by atoms with Crippen molar-refractivity contribution in [3.05, 3.63) is 23.5 Å². The van der Waals surface area contributed by atoms with Crippen molar-refractivity contribution >= 4 is 5.97 Å². The number of methoxy groups -OCH3 is 1. The van der Waals surface area contributed by atoms with Gasteiger partial charge in [0.1, 0.15) is 0 Å². The van der Waals surface area contributed by atoms with E-state index in [4.69, 9.17) is 9.84 Å². The Morgan fingerprint density at radius 2 is 2.13 bits per heavy atom. The highest BCUT2D eigenvalue weighted by atomic mass is 19.1. The Labute approximate surface area is 85.9 Å². The fourth-order valence-electron chi connectivity index (χ4n) is 1.14. The minimum atomic E-state index is -1.07. The van der Waals surface area contributed by atoms with Crippen LogP contribution >= 0.6 is 0 Å². The van der Waals surface area contributed by atoms with Crippen LogP contribution < -0.4 is 4.74 Å². The van der Waals surface area contributed by atoms with E-state index >= 15 is 0 Å². The zero-order chi connectivity index (χ0) is 11.6. The van der Waals surface area contributed by atoms with Gasteiger partial charge in [-0.3, -0.25) is 4.79 Å². The highest BCUT2D eigenvalue weighted by Crippen LogP contribution is 2.32. The molecule has 1 unspecified atom stereocenters. The smallest absolute Gasteiger partial charge is 0.310 e. The monoisotopic (exact) mass is 214 g/mol. The van der Waals surface area contributed by atoms with Crippen LogP contribution in [0.3, 0.4) is 0 Å². The lowest BCUT2D eigenvalue weighted by molar-refractivity contribution is -0.138. The molecular formula is C10H11FO4. The molecule has 4 nitrogen and oxygen atoms in total. The van der Waals surface area contributed by atoms with E-state index in [0.29, 0.717) is 0 Å². The van der Waals surface area contributed by atoms with Crippen LogP contribution in [0.1, 0.15) is 18.4 Å². The number of phenolic OH excluding ortho intramolecular Hbond substituents is 1. The van der Waals surface area contributed by atoms with Crippen LogP contribution in [-0.4, -0.2) is 23.3 Å². The van der Waals surface area contributed by atoms with Gasteiger partial charge in [0.15, 0.2) is 17.3 Å². The predicted octanol–water partition coefficient (Wildman–Crippen LogP) is 1.73. The lowest BCUT2D eigenvalue weighted by Crippen LogP contribution is -2.08. The van der Waals surface area contributed by atoms with E-state index in [2.05, 4.69) is 0 Å². The van der Waals surface area contributed by atoms with Crippen LogP contribution in [0.2, 0.25) is 0 Å².